The lowest BCUT2D eigenvalue weighted by Crippen LogP contribution is -2.09. The fourth-order valence-electron chi connectivity index (χ4n) is 1.04. The molecule has 0 aliphatic rings. The maximum atomic E-state index is 13.0. The predicted octanol–water partition coefficient (Wildman–Crippen LogP) is 2.16. The third-order valence-corrected chi connectivity index (χ3v) is 1.71. The first-order chi connectivity index (χ1) is 7.24. The molecule has 82 valence electrons. The van der Waals surface area contributed by atoms with E-state index in [2.05, 4.69) is 0 Å². The molecule has 0 heterocycles. The van der Waals surface area contributed by atoms with E-state index in [4.69, 9.17) is 9.47 Å². The van der Waals surface area contributed by atoms with Crippen LogP contribution < -0.4 is 4.74 Å². The average molecular weight is 212 g/mol. The van der Waals surface area contributed by atoms with Gasteiger partial charge in [0, 0.05) is 0 Å². The van der Waals surface area contributed by atoms with Crippen molar-refractivity contribution in [2.75, 3.05) is 13.2 Å². The molecule has 1 aromatic carbocycles. The van der Waals surface area contributed by atoms with Crippen LogP contribution in [0.2, 0.25) is 0 Å². The first-order valence-corrected chi connectivity index (χ1v) is 4.77. The molecule has 0 atom stereocenters. The van der Waals surface area contributed by atoms with Gasteiger partial charge in [-0.3, -0.25) is 4.79 Å². The molecule has 0 fully saturated rings. The van der Waals surface area contributed by atoms with E-state index in [1.165, 1.54) is 12.1 Å². The highest BCUT2D eigenvalue weighted by molar-refractivity contribution is 5.69. The Morgan fingerprint density at radius 3 is 2.80 bits per heavy atom. The van der Waals surface area contributed by atoms with Gasteiger partial charge in [-0.25, -0.2) is 4.39 Å². The second-order valence-electron chi connectivity index (χ2n) is 2.83. The second-order valence-corrected chi connectivity index (χ2v) is 2.83. The van der Waals surface area contributed by atoms with E-state index in [0.717, 1.165) is 0 Å². The largest absolute Gasteiger partial charge is 0.490 e. The summed E-state index contributed by atoms with van der Waals surface area (Å²) in [6.45, 7) is 2.20. The monoisotopic (exact) mass is 212 g/mol. The molecule has 15 heavy (non-hydrogen) atoms. The minimum absolute atomic E-state index is 0.125. The van der Waals surface area contributed by atoms with Crippen LogP contribution in [0.5, 0.6) is 5.75 Å². The molecular weight excluding hydrogens is 199 g/mol. The number of rotatable bonds is 5. The van der Waals surface area contributed by atoms with E-state index >= 15 is 0 Å². The van der Waals surface area contributed by atoms with Crippen molar-refractivity contribution in [3.8, 4) is 5.75 Å². The molecule has 1 rings (SSSR count). The molecule has 0 aliphatic heterocycles. The molecule has 0 saturated heterocycles. The van der Waals surface area contributed by atoms with Crippen molar-refractivity contribution in [1.82, 2.24) is 0 Å². The second kappa shape index (κ2) is 6.01. The Bertz CT molecular complexity index is 325. The van der Waals surface area contributed by atoms with Gasteiger partial charge in [0.2, 0.25) is 0 Å². The van der Waals surface area contributed by atoms with Crippen LogP contribution in [-0.2, 0) is 9.53 Å². The van der Waals surface area contributed by atoms with Crippen molar-refractivity contribution in [2.24, 2.45) is 0 Å². The minimum Gasteiger partial charge on any atom is -0.490 e. The van der Waals surface area contributed by atoms with Gasteiger partial charge in [0.15, 0.2) is 11.6 Å². The standard InChI is InChI=1S/C11H13FO3/c1-2-14-11(13)7-8-15-10-6-4-3-5-9(10)12/h3-6H,2,7-8H2,1H3. The summed E-state index contributed by atoms with van der Waals surface area (Å²) in [5, 5.41) is 0. The van der Waals surface area contributed by atoms with E-state index in [0.29, 0.717) is 6.61 Å². The first kappa shape index (κ1) is 11.5. The fourth-order valence-corrected chi connectivity index (χ4v) is 1.04. The highest BCUT2D eigenvalue weighted by Crippen LogP contribution is 2.15. The number of carbonyl (C=O) groups is 1. The third kappa shape index (κ3) is 3.97. The highest BCUT2D eigenvalue weighted by Gasteiger charge is 2.04. The molecular formula is C11H13FO3. The Labute approximate surface area is 87.8 Å². The molecule has 0 aliphatic carbocycles. The quantitative estimate of drug-likeness (QED) is 0.701. The van der Waals surface area contributed by atoms with Crippen molar-refractivity contribution in [2.45, 2.75) is 13.3 Å². The number of para-hydroxylation sites is 1. The van der Waals surface area contributed by atoms with Gasteiger partial charge in [0.05, 0.1) is 19.6 Å². The zero-order valence-electron chi connectivity index (χ0n) is 8.53. The molecule has 0 saturated carbocycles. The van der Waals surface area contributed by atoms with E-state index in [1.54, 1.807) is 19.1 Å². The number of hydrogen-bond acceptors (Lipinski definition) is 3. The number of ether oxygens (including phenoxy) is 2. The summed E-state index contributed by atoms with van der Waals surface area (Å²) in [6.07, 6.45) is 0.127. The molecule has 4 heteroatoms. The van der Waals surface area contributed by atoms with Gasteiger partial charge in [-0.15, -0.1) is 0 Å². The van der Waals surface area contributed by atoms with Crippen molar-refractivity contribution in [1.29, 1.82) is 0 Å². The van der Waals surface area contributed by atoms with Crippen LogP contribution in [0.3, 0.4) is 0 Å². The van der Waals surface area contributed by atoms with Crippen molar-refractivity contribution < 1.29 is 18.7 Å². The van der Waals surface area contributed by atoms with Crippen LogP contribution in [-0.4, -0.2) is 19.2 Å². The number of hydrogen-bond donors (Lipinski definition) is 0. The molecule has 0 bridgehead atoms. The van der Waals surface area contributed by atoms with Crippen molar-refractivity contribution in [3.63, 3.8) is 0 Å². The summed E-state index contributed by atoms with van der Waals surface area (Å²) in [5.41, 5.74) is 0. The van der Waals surface area contributed by atoms with Gasteiger partial charge in [-0.05, 0) is 19.1 Å². The van der Waals surface area contributed by atoms with Gasteiger partial charge >= 0.3 is 5.97 Å². The van der Waals surface area contributed by atoms with Gasteiger partial charge in [0.25, 0.3) is 0 Å². The Balaban J connectivity index is 2.32. The number of benzene rings is 1. The minimum atomic E-state index is -0.429. The molecule has 0 amide bonds. The van der Waals surface area contributed by atoms with Gasteiger partial charge in [-0.2, -0.15) is 0 Å². The van der Waals surface area contributed by atoms with Crippen LogP contribution in [0.4, 0.5) is 4.39 Å². The van der Waals surface area contributed by atoms with Crippen molar-refractivity contribution in [3.05, 3.63) is 30.1 Å². The first-order valence-electron chi connectivity index (χ1n) is 4.77. The number of carbonyl (C=O) groups excluding carboxylic acids is 1. The molecule has 0 N–H and O–H groups in total. The van der Waals surface area contributed by atoms with Crippen LogP contribution in [0, 0.1) is 5.82 Å². The summed E-state index contributed by atoms with van der Waals surface area (Å²) in [5.74, 6) is -0.614. The smallest absolute Gasteiger partial charge is 0.309 e. The Morgan fingerprint density at radius 2 is 2.13 bits per heavy atom. The molecule has 1 aromatic rings. The SMILES string of the molecule is CCOC(=O)CCOc1ccccc1F. The normalized spacial score (nSPS) is 9.73. The highest BCUT2D eigenvalue weighted by atomic mass is 19.1. The molecule has 0 unspecified atom stereocenters. The lowest BCUT2D eigenvalue weighted by atomic mass is 10.3. The van der Waals surface area contributed by atoms with Gasteiger partial charge < -0.3 is 9.47 Å². The van der Waals surface area contributed by atoms with Crippen LogP contribution in [0.1, 0.15) is 13.3 Å². The maximum Gasteiger partial charge on any atom is 0.309 e. The Hall–Kier alpha value is -1.58. The van der Waals surface area contributed by atoms with Crippen LogP contribution in [0.25, 0.3) is 0 Å². The van der Waals surface area contributed by atoms with Crippen LogP contribution >= 0.6 is 0 Å². The van der Waals surface area contributed by atoms with E-state index in [1.807, 2.05) is 0 Å². The fraction of sp³-hybridized carbons (Fsp3) is 0.364. The van der Waals surface area contributed by atoms with E-state index in [-0.39, 0.29) is 24.7 Å². The topological polar surface area (TPSA) is 35.5 Å². The summed E-state index contributed by atoms with van der Waals surface area (Å²) >= 11 is 0. The van der Waals surface area contributed by atoms with Crippen LogP contribution in [0.15, 0.2) is 24.3 Å². The number of esters is 1. The zero-order valence-corrected chi connectivity index (χ0v) is 8.53. The lowest BCUT2D eigenvalue weighted by Gasteiger charge is -2.06. The summed E-state index contributed by atoms with van der Waals surface area (Å²) in [7, 11) is 0. The zero-order chi connectivity index (χ0) is 11.1. The third-order valence-electron chi connectivity index (χ3n) is 1.71. The molecule has 0 aromatic heterocycles. The van der Waals surface area contributed by atoms with Gasteiger partial charge in [-0.1, -0.05) is 12.1 Å². The van der Waals surface area contributed by atoms with E-state index in [9.17, 15) is 9.18 Å². The summed E-state index contributed by atoms with van der Waals surface area (Å²) in [4.78, 5) is 10.9. The molecule has 0 radical (unpaired) electrons. The molecule has 3 nitrogen and oxygen atoms in total. The van der Waals surface area contributed by atoms with Crippen molar-refractivity contribution >= 4 is 5.97 Å². The Kier molecular flexibility index (Phi) is 4.60. The predicted molar refractivity (Wildman–Crippen MR) is 53.1 cm³/mol. The molecule has 0 spiro atoms. The average Bonchev–Trinajstić information content (AvgIpc) is 2.21. The maximum absolute atomic E-state index is 13.0. The summed E-state index contributed by atoms with van der Waals surface area (Å²) < 4.78 is 22.8. The number of halogens is 1. The van der Waals surface area contributed by atoms with E-state index < -0.39 is 5.82 Å². The lowest BCUT2D eigenvalue weighted by molar-refractivity contribution is -0.143. The summed E-state index contributed by atoms with van der Waals surface area (Å²) in [6, 6.07) is 6.07. The Morgan fingerprint density at radius 1 is 1.40 bits per heavy atom. The van der Waals surface area contributed by atoms with Gasteiger partial charge in [0.1, 0.15) is 0 Å².